The molecule has 0 spiro atoms. The van der Waals surface area contributed by atoms with Gasteiger partial charge >= 0.3 is 5.97 Å². The number of rotatable bonds is 6. The third-order valence-electron chi connectivity index (χ3n) is 3.34. The first kappa shape index (κ1) is 14.0. The summed E-state index contributed by atoms with van der Waals surface area (Å²) in [7, 11) is 0. The molecule has 1 fully saturated rings. The molecule has 0 aromatic heterocycles. The quantitative estimate of drug-likeness (QED) is 0.597. The number of aliphatic carboxylic acids is 1. The number of carboxylic acids is 1. The largest absolute Gasteiger partial charge is 0.481 e. The fourth-order valence-electron chi connectivity index (χ4n) is 2.43. The molecular weight excluding hydrogens is 222 g/mol. The number of hydrogen-bond acceptors (Lipinski definition) is 3. The number of carboxylic acid groups (broad SMARTS) is 1. The van der Waals surface area contributed by atoms with Crippen LogP contribution >= 0.6 is 0 Å². The van der Waals surface area contributed by atoms with Crippen LogP contribution in [0.2, 0.25) is 0 Å². The van der Waals surface area contributed by atoms with Gasteiger partial charge in [0.05, 0.1) is 11.8 Å². The van der Waals surface area contributed by atoms with E-state index in [0.29, 0.717) is 31.7 Å². The van der Waals surface area contributed by atoms with Crippen molar-refractivity contribution in [2.75, 3.05) is 13.2 Å². The first-order chi connectivity index (χ1) is 8.06. The molecule has 5 heteroatoms. The van der Waals surface area contributed by atoms with Gasteiger partial charge in [0.1, 0.15) is 0 Å². The maximum absolute atomic E-state index is 11.8. The molecule has 98 valence electrons. The van der Waals surface area contributed by atoms with Gasteiger partial charge in [0.2, 0.25) is 5.91 Å². The molecule has 5 nitrogen and oxygen atoms in total. The van der Waals surface area contributed by atoms with Crippen LogP contribution in [0.25, 0.3) is 0 Å². The highest BCUT2D eigenvalue weighted by Crippen LogP contribution is 2.36. The van der Waals surface area contributed by atoms with Crippen molar-refractivity contribution in [2.45, 2.75) is 32.6 Å². The summed E-state index contributed by atoms with van der Waals surface area (Å²) in [4.78, 5) is 22.9. The van der Waals surface area contributed by atoms with Crippen LogP contribution in [0.1, 0.15) is 32.6 Å². The molecule has 0 aromatic rings. The summed E-state index contributed by atoms with van der Waals surface area (Å²) < 4.78 is 0. The van der Waals surface area contributed by atoms with Crippen LogP contribution < -0.4 is 5.32 Å². The lowest BCUT2D eigenvalue weighted by Crippen LogP contribution is -2.35. The van der Waals surface area contributed by atoms with E-state index in [9.17, 15) is 9.59 Å². The minimum atomic E-state index is -0.871. The van der Waals surface area contributed by atoms with Crippen molar-refractivity contribution in [1.82, 2.24) is 5.32 Å². The van der Waals surface area contributed by atoms with E-state index in [2.05, 4.69) is 5.32 Å². The zero-order valence-corrected chi connectivity index (χ0v) is 10.2. The molecular formula is C12H21NO4. The minimum absolute atomic E-state index is 0.119. The number of nitrogens with one attached hydrogen (secondary N) is 1. The molecule has 1 unspecified atom stereocenters. The highest BCUT2D eigenvalue weighted by Gasteiger charge is 2.40. The second kappa shape index (κ2) is 6.59. The summed E-state index contributed by atoms with van der Waals surface area (Å²) in [5.41, 5.74) is 0. The molecule has 17 heavy (non-hydrogen) atoms. The SMILES string of the molecule is CC1C[C@H](C(=O)NCCCCO)[C@H](C(=O)O)C1. The lowest BCUT2D eigenvalue weighted by Gasteiger charge is -2.15. The van der Waals surface area contributed by atoms with Gasteiger partial charge in [-0.25, -0.2) is 0 Å². The van der Waals surface area contributed by atoms with Crippen molar-refractivity contribution in [1.29, 1.82) is 0 Å². The molecule has 0 aromatic carbocycles. The number of hydrogen-bond donors (Lipinski definition) is 3. The minimum Gasteiger partial charge on any atom is -0.481 e. The van der Waals surface area contributed by atoms with E-state index >= 15 is 0 Å². The zero-order chi connectivity index (χ0) is 12.8. The summed E-state index contributed by atoms with van der Waals surface area (Å²) in [5.74, 6) is -1.66. The highest BCUT2D eigenvalue weighted by molar-refractivity contribution is 5.85. The third-order valence-corrected chi connectivity index (χ3v) is 3.34. The smallest absolute Gasteiger partial charge is 0.307 e. The molecule has 3 N–H and O–H groups in total. The number of amides is 1. The summed E-state index contributed by atoms with van der Waals surface area (Å²) in [5, 5.41) is 20.4. The van der Waals surface area contributed by atoms with E-state index in [4.69, 9.17) is 10.2 Å². The van der Waals surface area contributed by atoms with Gasteiger partial charge in [-0.3, -0.25) is 9.59 Å². The van der Waals surface area contributed by atoms with Crippen molar-refractivity contribution in [3.05, 3.63) is 0 Å². The second-order valence-electron chi connectivity index (χ2n) is 4.85. The average Bonchev–Trinajstić information content (AvgIpc) is 2.66. The van der Waals surface area contributed by atoms with Gasteiger partial charge in [0.25, 0.3) is 0 Å². The molecule has 1 amide bonds. The molecule has 1 rings (SSSR count). The molecule has 1 aliphatic carbocycles. The average molecular weight is 243 g/mol. The lowest BCUT2D eigenvalue weighted by atomic mass is 9.95. The lowest BCUT2D eigenvalue weighted by molar-refractivity contribution is -0.146. The van der Waals surface area contributed by atoms with Crippen LogP contribution in [-0.2, 0) is 9.59 Å². The monoisotopic (exact) mass is 243 g/mol. The Morgan fingerprint density at radius 3 is 2.47 bits per heavy atom. The summed E-state index contributed by atoms with van der Waals surface area (Å²) in [6.07, 6.45) is 2.62. The predicted octanol–water partition coefficient (Wildman–Crippen LogP) is 0.622. The van der Waals surface area contributed by atoms with E-state index < -0.39 is 17.8 Å². The van der Waals surface area contributed by atoms with Gasteiger partial charge < -0.3 is 15.5 Å². The highest BCUT2D eigenvalue weighted by atomic mass is 16.4. The van der Waals surface area contributed by atoms with Crippen molar-refractivity contribution in [2.24, 2.45) is 17.8 Å². The fraction of sp³-hybridized carbons (Fsp3) is 0.833. The Morgan fingerprint density at radius 2 is 1.88 bits per heavy atom. The number of carbonyl (C=O) groups excluding carboxylic acids is 1. The van der Waals surface area contributed by atoms with E-state index in [-0.39, 0.29) is 12.5 Å². The van der Waals surface area contributed by atoms with Crippen LogP contribution in [0.15, 0.2) is 0 Å². The van der Waals surface area contributed by atoms with Crippen LogP contribution in [0.5, 0.6) is 0 Å². The number of aliphatic hydroxyl groups is 1. The predicted molar refractivity (Wildman–Crippen MR) is 62.3 cm³/mol. The molecule has 3 atom stereocenters. The van der Waals surface area contributed by atoms with Crippen LogP contribution in [0.4, 0.5) is 0 Å². The second-order valence-corrected chi connectivity index (χ2v) is 4.85. The van der Waals surface area contributed by atoms with Crippen molar-refractivity contribution in [3.8, 4) is 0 Å². The van der Waals surface area contributed by atoms with Crippen LogP contribution in [0.3, 0.4) is 0 Å². The molecule has 0 radical (unpaired) electrons. The molecule has 1 saturated carbocycles. The Bertz CT molecular complexity index is 280. The summed E-state index contributed by atoms with van der Waals surface area (Å²) in [6.45, 7) is 2.61. The standard InChI is InChI=1S/C12H21NO4/c1-8-6-9(10(7-8)12(16)17)11(15)13-4-2-3-5-14/h8-10,14H,2-7H2,1H3,(H,13,15)(H,16,17)/t8?,9-,10+/m0/s1. The van der Waals surface area contributed by atoms with Gasteiger partial charge in [-0.2, -0.15) is 0 Å². The van der Waals surface area contributed by atoms with Gasteiger partial charge in [-0.05, 0) is 31.6 Å². The van der Waals surface area contributed by atoms with E-state index in [0.717, 1.165) is 6.42 Å². The van der Waals surface area contributed by atoms with E-state index in [1.54, 1.807) is 0 Å². The molecule has 0 heterocycles. The Hall–Kier alpha value is -1.10. The first-order valence-corrected chi connectivity index (χ1v) is 6.17. The Kier molecular flexibility index (Phi) is 5.41. The topological polar surface area (TPSA) is 86.6 Å². The molecule has 0 aliphatic heterocycles. The molecule has 0 bridgehead atoms. The maximum atomic E-state index is 11.8. The number of aliphatic hydroxyl groups excluding tert-OH is 1. The molecule has 0 saturated heterocycles. The van der Waals surface area contributed by atoms with Crippen molar-refractivity contribution in [3.63, 3.8) is 0 Å². The van der Waals surface area contributed by atoms with Crippen molar-refractivity contribution >= 4 is 11.9 Å². The van der Waals surface area contributed by atoms with Crippen LogP contribution in [-0.4, -0.2) is 35.2 Å². The Morgan fingerprint density at radius 1 is 1.24 bits per heavy atom. The van der Waals surface area contributed by atoms with Crippen molar-refractivity contribution < 1.29 is 19.8 Å². The third kappa shape index (κ3) is 4.00. The summed E-state index contributed by atoms with van der Waals surface area (Å²) in [6, 6.07) is 0. The van der Waals surface area contributed by atoms with E-state index in [1.807, 2.05) is 6.92 Å². The van der Waals surface area contributed by atoms with E-state index in [1.165, 1.54) is 0 Å². The Labute approximate surface area is 101 Å². The normalized spacial score (nSPS) is 28.0. The first-order valence-electron chi connectivity index (χ1n) is 6.17. The molecule has 1 aliphatic rings. The van der Waals surface area contributed by atoms with Gasteiger partial charge in [0, 0.05) is 13.2 Å². The van der Waals surface area contributed by atoms with Gasteiger partial charge in [-0.1, -0.05) is 6.92 Å². The Balaban J connectivity index is 2.41. The zero-order valence-electron chi connectivity index (χ0n) is 10.2. The van der Waals surface area contributed by atoms with Gasteiger partial charge in [0.15, 0.2) is 0 Å². The number of carbonyl (C=O) groups is 2. The fourth-order valence-corrected chi connectivity index (χ4v) is 2.43. The van der Waals surface area contributed by atoms with Gasteiger partial charge in [-0.15, -0.1) is 0 Å². The summed E-state index contributed by atoms with van der Waals surface area (Å²) >= 11 is 0. The van der Waals surface area contributed by atoms with Crippen LogP contribution in [0, 0.1) is 17.8 Å². The number of unbranched alkanes of at least 4 members (excludes halogenated alkanes) is 1. The maximum Gasteiger partial charge on any atom is 0.307 e.